The number of alkyl halides is 3. The van der Waals surface area contributed by atoms with E-state index < -0.39 is 43.4 Å². The zero-order valence-electron chi connectivity index (χ0n) is 14.4. The smallest absolute Gasteiger partial charge is 0.386 e. The minimum absolute atomic E-state index is 0.578. The number of nitrogens with two attached hydrogens (primary N) is 1. The van der Waals surface area contributed by atoms with Crippen LogP contribution in [-0.4, -0.2) is 43.4 Å². The Morgan fingerprint density at radius 1 is 0.708 bits per heavy atom. The molecule has 0 radical (unpaired) electrons. The van der Waals surface area contributed by atoms with Crippen molar-refractivity contribution in [3.63, 3.8) is 0 Å². The normalized spacial score (nSPS) is 13.2. The predicted octanol–water partition coefficient (Wildman–Crippen LogP) is 2.75. The zero-order chi connectivity index (χ0) is 19.6. The lowest BCUT2D eigenvalue weighted by Crippen LogP contribution is -2.55. The Balaban J connectivity index is 5.73. The summed E-state index contributed by atoms with van der Waals surface area (Å²) in [6, 6.07) is 0. The Bertz CT molecular complexity index is 433. The average molecular weight is 540 g/mol. The molecule has 0 aliphatic rings. The molecule has 140 valence electrons. The molecule has 0 spiro atoms. The minimum Gasteiger partial charge on any atom is -0.386 e. The Morgan fingerprint density at radius 3 is 1.04 bits per heavy atom. The van der Waals surface area contributed by atoms with Gasteiger partial charge in [0.25, 0.3) is 0 Å². The maximum Gasteiger partial charge on any atom is 0.436 e. The molecule has 0 bridgehead atoms. The number of halogens is 3. The van der Waals surface area contributed by atoms with Gasteiger partial charge in [0.2, 0.25) is 0 Å². The van der Waals surface area contributed by atoms with Crippen molar-refractivity contribution < 1.29 is 28.6 Å². The van der Waals surface area contributed by atoms with Crippen molar-refractivity contribution in [1.82, 2.24) is 0 Å². The van der Waals surface area contributed by atoms with Crippen LogP contribution in [0.2, 0.25) is 0 Å². The summed E-state index contributed by atoms with van der Waals surface area (Å²) in [4.78, 5) is 36.5. The Kier molecular flexibility index (Phi) is 7.94. The number of hydrogen-bond acceptors (Lipinski definition) is 7. The van der Waals surface area contributed by atoms with E-state index in [0.29, 0.717) is 0 Å². The molecule has 0 saturated heterocycles. The van der Waals surface area contributed by atoms with E-state index in [1.807, 2.05) is 0 Å². The number of esters is 3. The van der Waals surface area contributed by atoms with Gasteiger partial charge in [-0.15, -0.1) is 0 Å². The summed E-state index contributed by atoms with van der Waals surface area (Å²) < 4.78 is 12.1. The molecule has 0 unspecified atom stereocenters. The molecule has 0 atom stereocenters. The predicted molar refractivity (Wildman–Crippen MR) is 99.1 cm³/mol. The number of ether oxygens (including phenoxy) is 3. The minimum atomic E-state index is -2.38. The van der Waals surface area contributed by atoms with E-state index >= 15 is 0 Å². The van der Waals surface area contributed by atoms with E-state index in [1.54, 1.807) is 0 Å². The third-order valence-electron chi connectivity index (χ3n) is 2.45. The Hall–Kier alpha value is -0.190. The Morgan fingerprint density at radius 2 is 0.917 bits per heavy atom. The third kappa shape index (κ3) is 7.37. The zero-order valence-corrected chi connectivity index (χ0v) is 19.1. The highest BCUT2D eigenvalue weighted by Crippen LogP contribution is 2.29. The van der Waals surface area contributed by atoms with Gasteiger partial charge in [-0.25, -0.2) is 0 Å². The van der Waals surface area contributed by atoms with E-state index in [2.05, 4.69) is 47.8 Å². The molecule has 10 heteroatoms. The summed E-state index contributed by atoms with van der Waals surface area (Å²) in [6.07, 6.45) is 0. The molecule has 0 amide bonds. The molecular weight excluding hydrogens is 518 g/mol. The van der Waals surface area contributed by atoms with Crippen molar-refractivity contribution in [2.24, 2.45) is 5.73 Å². The van der Waals surface area contributed by atoms with Crippen LogP contribution in [0.25, 0.3) is 0 Å². The van der Waals surface area contributed by atoms with Crippen molar-refractivity contribution in [3.05, 3.63) is 0 Å². The van der Waals surface area contributed by atoms with E-state index in [9.17, 15) is 14.4 Å². The lowest BCUT2D eigenvalue weighted by Gasteiger charge is -2.34. The first-order valence-electron chi connectivity index (χ1n) is 6.92. The molecule has 0 aromatic rings. The average Bonchev–Trinajstić information content (AvgIpc) is 2.34. The van der Waals surface area contributed by atoms with Crippen molar-refractivity contribution in [3.8, 4) is 0 Å². The summed E-state index contributed by atoms with van der Waals surface area (Å²) in [5.74, 6) is -4.86. The van der Waals surface area contributed by atoms with Gasteiger partial charge in [-0.1, -0.05) is 47.8 Å². The first-order valence-corrected chi connectivity index (χ1v) is 9.29. The molecule has 0 aliphatic heterocycles. The molecule has 0 aliphatic carbocycles. The largest absolute Gasteiger partial charge is 0.436 e. The van der Waals surface area contributed by atoms with Crippen LogP contribution < -0.4 is 5.73 Å². The fraction of sp³-hybridized carbons (Fsp3) is 0.786. The second kappa shape index (κ2) is 8.01. The van der Waals surface area contributed by atoms with Crippen molar-refractivity contribution in [2.45, 2.75) is 60.5 Å². The standard InChI is InChI=1S/C14H22Br3NO6/c1-11(2,15)8(19)22-14(7-18,23-9(20)12(3,4)16)24-10(21)13(5,6)17/h7,18H2,1-6H3. The quantitative estimate of drug-likeness (QED) is 0.301. The van der Waals surface area contributed by atoms with Crippen LogP contribution >= 0.6 is 47.8 Å². The van der Waals surface area contributed by atoms with Gasteiger partial charge in [0.1, 0.15) is 19.5 Å². The second-order valence-corrected chi connectivity index (χ2v) is 12.4. The monoisotopic (exact) mass is 537 g/mol. The number of hydrogen-bond donors (Lipinski definition) is 1. The highest BCUT2D eigenvalue weighted by atomic mass is 79.9. The van der Waals surface area contributed by atoms with Gasteiger partial charge >= 0.3 is 23.9 Å². The van der Waals surface area contributed by atoms with Crippen LogP contribution in [0.4, 0.5) is 0 Å². The molecule has 2 N–H and O–H groups in total. The number of rotatable bonds is 7. The van der Waals surface area contributed by atoms with E-state index in [-0.39, 0.29) is 0 Å². The van der Waals surface area contributed by atoms with Gasteiger partial charge in [0.05, 0.1) is 0 Å². The fourth-order valence-electron chi connectivity index (χ4n) is 0.975. The molecule has 0 fully saturated rings. The second-order valence-electron chi connectivity index (χ2n) is 6.47. The lowest BCUT2D eigenvalue weighted by molar-refractivity contribution is -0.326. The Labute approximate surface area is 166 Å². The van der Waals surface area contributed by atoms with Crippen LogP contribution in [0.1, 0.15) is 41.5 Å². The molecule has 0 aromatic carbocycles. The highest BCUT2D eigenvalue weighted by molar-refractivity contribution is 9.10. The van der Waals surface area contributed by atoms with Crippen LogP contribution in [-0.2, 0) is 28.6 Å². The van der Waals surface area contributed by atoms with Crippen LogP contribution in [0, 0.1) is 0 Å². The van der Waals surface area contributed by atoms with Crippen molar-refractivity contribution >= 4 is 65.7 Å². The SMILES string of the molecule is CC(C)(Br)C(=O)OC(CN)(OC(=O)C(C)(C)Br)OC(=O)C(C)(C)Br. The summed E-state index contributed by atoms with van der Waals surface area (Å²) in [6.45, 7) is 8.52. The molecule has 0 heterocycles. The molecule has 0 saturated carbocycles. The number of carbonyl (C=O) groups is 3. The number of carbonyl (C=O) groups excluding carboxylic acids is 3. The maximum absolute atomic E-state index is 12.2. The topological polar surface area (TPSA) is 105 Å². The molecular formula is C14H22Br3NO6. The molecule has 7 nitrogen and oxygen atoms in total. The van der Waals surface area contributed by atoms with E-state index in [4.69, 9.17) is 19.9 Å². The van der Waals surface area contributed by atoms with Gasteiger partial charge < -0.3 is 19.9 Å². The molecule has 24 heavy (non-hydrogen) atoms. The molecule has 0 rings (SSSR count). The summed E-state index contributed by atoms with van der Waals surface area (Å²) in [5, 5.41) is 0. The first kappa shape index (κ1) is 23.8. The van der Waals surface area contributed by atoms with Gasteiger partial charge in [0, 0.05) is 0 Å². The summed E-state index contributed by atoms with van der Waals surface area (Å²) in [5.41, 5.74) is 5.60. The van der Waals surface area contributed by atoms with Crippen LogP contribution in [0.5, 0.6) is 0 Å². The maximum atomic E-state index is 12.2. The fourth-order valence-corrected chi connectivity index (χ4v) is 1.22. The van der Waals surface area contributed by atoms with Crippen LogP contribution in [0.3, 0.4) is 0 Å². The van der Waals surface area contributed by atoms with Crippen molar-refractivity contribution in [1.29, 1.82) is 0 Å². The van der Waals surface area contributed by atoms with Gasteiger partial charge in [-0.2, -0.15) is 0 Å². The summed E-state index contributed by atoms with van der Waals surface area (Å²) in [7, 11) is 0. The first-order chi connectivity index (χ1) is 10.4. The van der Waals surface area contributed by atoms with Gasteiger partial charge in [0.15, 0.2) is 0 Å². The van der Waals surface area contributed by atoms with E-state index in [1.165, 1.54) is 41.5 Å². The van der Waals surface area contributed by atoms with Crippen molar-refractivity contribution in [2.75, 3.05) is 6.54 Å². The van der Waals surface area contributed by atoms with E-state index in [0.717, 1.165) is 0 Å². The van der Waals surface area contributed by atoms with Gasteiger partial charge in [-0.3, -0.25) is 14.4 Å². The highest BCUT2D eigenvalue weighted by Gasteiger charge is 2.49. The van der Waals surface area contributed by atoms with Gasteiger partial charge in [-0.05, 0) is 41.5 Å². The lowest BCUT2D eigenvalue weighted by atomic mass is 10.2. The third-order valence-corrected chi connectivity index (χ3v) is 3.42. The summed E-state index contributed by atoms with van der Waals surface area (Å²) >= 11 is 9.37. The van der Waals surface area contributed by atoms with Crippen LogP contribution in [0.15, 0.2) is 0 Å². The molecule has 0 aromatic heterocycles.